The van der Waals surface area contributed by atoms with E-state index < -0.39 is 157 Å². The number of carbonyl (C=O) groups excluding carboxylic acids is 11. The van der Waals surface area contributed by atoms with Crippen molar-refractivity contribution in [3.8, 4) is 11.5 Å². The van der Waals surface area contributed by atoms with Crippen LogP contribution in [0.2, 0.25) is 0 Å². The number of hydrogen-bond donors (Lipinski definition) is 15. The molecule has 2 aromatic rings. The molecular weight excluding hydrogens is 1090 g/mol. The number of phenolic OH excluding ortho intramolecular Hbond substituents is 2. The molecule has 81 heavy (non-hydrogen) atoms. The minimum atomic E-state index is -1.81. The van der Waals surface area contributed by atoms with Gasteiger partial charge in [0.15, 0.2) is 0 Å². The van der Waals surface area contributed by atoms with Crippen molar-refractivity contribution < 1.29 is 72.9 Å². The van der Waals surface area contributed by atoms with Crippen LogP contribution in [0.5, 0.6) is 11.5 Å². The molecule has 0 saturated carbocycles. The van der Waals surface area contributed by atoms with Gasteiger partial charge in [-0.3, -0.25) is 52.7 Å². The Morgan fingerprint density at radius 3 is 1.46 bits per heavy atom. The largest absolute Gasteiger partial charge is 0.508 e. The van der Waals surface area contributed by atoms with Gasteiger partial charge < -0.3 is 79.4 Å². The topological polar surface area (TPSA) is 426 Å². The summed E-state index contributed by atoms with van der Waals surface area (Å²) in [6.07, 6.45) is 1.32. The van der Waals surface area contributed by atoms with Gasteiger partial charge in [-0.2, -0.15) is 24.4 Å². The van der Waals surface area contributed by atoms with E-state index in [1.165, 1.54) is 62.0 Å². The van der Waals surface area contributed by atoms with Crippen molar-refractivity contribution in [2.24, 2.45) is 29.2 Å². The second-order valence-corrected chi connectivity index (χ2v) is 21.2. The molecule has 16 N–H and O–H groups in total. The fraction of sp³-hybridized carbons (Fsp3) is 0.547. The van der Waals surface area contributed by atoms with Gasteiger partial charge in [0.2, 0.25) is 59.1 Å². The molecule has 448 valence electrons. The first-order valence-corrected chi connectivity index (χ1v) is 28.3. The SMILES string of the molecule is CC[C@H](C)[C@H](NC(=O)[C@H](CC(=O)O)NC(=O)[C@@H](NC(=O)[C@H](CS)NC(=O)[C@@H](NC(=O)[C@H](Cc1ccc(O)cc1)NC(=O)CNC(=O)[C@H](Cc1ccc(O)cc1)NC(=O)[C@@H](N)CCSC)[C@@H](C)CC)C(C)C)C(=O)N[C@H](C=O)CC(N)=O. The van der Waals surface area contributed by atoms with Crippen LogP contribution in [-0.2, 0) is 70.4 Å². The number of carboxylic acids is 1. The van der Waals surface area contributed by atoms with Crippen LogP contribution in [0.4, 0.5) is 0 Å². The lowest BCUT2D eigenvalue weighted by molar-refractivity contribution is -0.142. The molecule has 0 bridgehead atoms. The number of amides is 10. The highest BCUT2D eigenvalue weighted by Crippen LogP contribution is 2.16. The highest BCUT2D eigenvalue weighted by atomic mass is 32.2. The first kappa shape index (κ1) is 69.6. The van der Waals surface area contributed by atoms with E-state index in [4.69, 9.17) is 11.5 Å². The van der Waals surface area contributed by atoms with Crippen LogP contribution in [0, 0.1) is 17.8 Å². The summed E-state index contributed by atoms with van der Waals surface area (Å²) >= 11 is 5.74. The highest BCUT2D eigenvalue weighted by molar-refractivity contribution is 7.98. The minimum absolute atomic E-state index is 0.0261. The van der Waals surface area contributed by atoms with E-state index in [0.29, 0.717) is 36.1 Å². The third kappa shape index (κ3) is 24.4. The maximum atomic E-state index is 14.3. The van der Waals surface area contributed by atoms with Crippen LogP contribution in [0.25, 0.3) is 0 Å². The Balaban J connectivity index is 2.34. The Hall–Kier alpha value is -7.46. The third-order valence-electron chi connectivity index (χ3n) is 13.0. The number of aldehydes is 1. The van der Waals surface area contributed by atoms with Gasteiger partial charge in [-0.25, -0.2) is 0 Å². The third-order valence-corrected chi connectivity index (χ3v) is 14.0. The molecule has 10 amide bonds. The van der Waals surface area contributed by atoms with Gasteiger partial charge in [0.1, 0.15) is 60.1 Å². The lowest BCUT2D eigenvalue weighted by Crippen LogP contribution is -2.62. The zero-order valence-electron chi connectivity index (χ0n) is 46.4. The Kier molecular flexibility index (Phi) is 30.4. The number of hydrogen-bond acceptors (Lipinski definition) is 17. The summed E-state index contributed by atoms with van der Waals surface area (Å²) in [4.78, 5) is 158. The first-order chi connectivity index (χ1) is 38.2. The molecule has 0 aliphatic heterocycles. The number of carboxylic acid groups (broad SMARTS) is 1. The number of rotatable bonds is 36. The van der Waals surface area contributed by atoms with Crippen molar-refractivity contribution in [1.82, 2.24) is 47.9 Å². The van der Waals surface area contributed by atoms with Gasteiger partial charge in [0, 0.05) is 18.6 Å². The summed E-state index contributed by atoms with van der Waals surface area (Å²) in [5.41, 5.74) is 12.3. The van der Waals surface area contributed by atoms with Crippen LogP contribution in [0.1, 0.15) is 84.8 Å². The molecule has 0 unspecified atom stereocenters. The fourth-order valence-corrected chi connectivity index (χ4v) is 8.52. The van der Waals surface area contributed by atoms with Crippen molar-refractivity contribution in [1.29, 1.82) is 0 Å². The van der Waals surface area contributed by atoms with Crippen molar-refractivity contribution in [2.75, 3.05) is 24.3 Å². The van der Waals surface area contributed by atoms with Crippen molar-refractivity contribution in [2.45, 2.75) is 141 Å². The van der Waals surface area contributed by atoms with Crippen molar-refractivity contribution >= 4 is 95.7 Å². The molecule has 0 saturated heterocycles. The van der Waals surface area contributed by atoms with Crippen molar-refractivity contribution in [3.05, 3.63) is 59.7 Å². The average molecular weight is 1170 g/mol. The molecule has 0 fully saturated rings. The summed E-state index contributed by atoms with van der Waals surface area (Å²) < 4.78 is 0. The maximum Gasteiger partial charge on any atom is 0.305 e. The van der Waals surface area contributed by atoms with E-state index in [0.717, 1.165) is 0 Å². The quantitative estimate of drug-likeness (QED) is 0.0264. The van der Waals surface area contributed by atoms with Gasteiger partial charge in [0.05, 0.1) is 31.5 Å². The number of nitrogens with one attached hydrogen (secondary N) is 9. The summed E-state index contributed by atoms with van der Waals surface area (Å²) in [5, 5.41) is 51.9. The monoisotopic (exact) mass is 1170 g/mol. The van der Waals surface area contributed by atoms with E-state index in [9.17, 15) is 72.9 Å². The zero-order valence-corrected chi connectivity index (χ0v) is 48.2. The van der Waals surface area contributed by atoms with Crippen LogP contribution in [0.3, 0.4) is 0 Å². The number of aromatic hydroxyl groups is 2. The Labute approximate surface area is 480 Å². The average Bonchev–Trinajstić information content (AvgIpc) is 3.44. The van der Waals surface area contributed by atoms with Crippen LogP contribution < -0.4 is 59.3 Å². The molecule has 0 spiro atoms. The lowest BCUT2D eigenvalue weighted by Gasteiger charge is -2.30. The van der Waals surface area contributed by atoms with E-state index in [-0.39, 0.29) is 36.4 Å². The number of aliphatic carboxylic acids is 1. The number of primary amides is 1. The summed E-state index contributed by atoms with van der Waals surface area (Å²) in [5.74, 6) is -12.2. The van der Waals surface area contributed by atoms with E-state index in [1.54, 1.807) is 39.8 Å². The van der Waals surface area contributed by atoms with Gasteiger partial charge in [-0.15, -0.1) is 0 Å². The predicted octanol–water partition coefficient (Wildman–Crippen LogP) is -1.82. The lowest BCUT2D eigenvalue weighted by atomic mass is 9.96. The minimum Gasteiger partial charge on any atom is -0.508 e. The van der Waals surface area contributed by atoms with E-state index in [1.807, 2.05) is 6.26 Å². The maximum absolute atomic E-state index is 14.3. The predicted molar refractivity (Wildman–Crippen MR) is 303 cm³/mol. The number of carbonyl (C=O) groups is 12. The second-order valence-electron chi connectivity index (χ2n) is 19.8. The summed E-state index contributed by atoms with van der Waals surface area (Å²) in [6, 6.07) is -0.757. The molecule has 2 aromatic carbocycles. The number of phenols is 2. The van der Waals surface area contributed by atoms with Gasteiger partial charge in [0.25, 0.3) is 0 Å². The Morgan fingerprint density at radius 1 is 0.580 bits per heavy atom. The fourth-order valence-electron chi connectivity index (χ4n) is 7.77. The molecule has 0 radical (unpaired) electrons. The molecule has 0 aliphatic rings. The Bertz CT molecular complexity index is 2490. The molecular formula is C53H79N11O15S2. The van der Waals surface area contributed by atoms with Crippen LogP contribution in [-0.4, -0.2) is 165 Å². The zero-order chi connectivity index (χ0) is 61.1. The molecule has 2 rings (SSSR count). The molecule has 26 nitrogen and oxygen atoms in total. The highest BCUT2D eigenvalue weighted by Gasteiger charge is 2.37. The van der Waals surface area contributed by atoms with E-state index >= 15 is 0 Å². The van der Waals surface area contributed by atoms with Gasteiger partial charge in [-0.1, -0.05) is 78.6 Å². The van der Waals surface area contributed by atoms with Crippen molar-refractivity contribution in [3.63, 3.8) is 0 Å². The van der Waals surface area contributed by atoms with Gasteiger partial charge >= 0.3 is 5.97 Å². The molecule has 28 heteroatoms. The second kappa shape index (κ2) is 35.3. The smallest absolute Gasteiger partial charge is 0.305 e. The first-order valence-electron chi connectivity index (χ1n) is 26.2. The number of thioether (sulfide) groups is 1. The van der Waals surface area contributed by atoms with E-state index in [2.05, 4.69) is 60.5 Å². The van der Waals surface area contributed by atoms with Crippen LogP contribution in [0.15, 0.2) is 48.5 Å². The molecule has 0 heterocycles. The molecule has 11 atom stereocenters. The normalized spacial score (nSPS) is 15.1. The molecule has 0 aromatic heterocycles. The van der Waals surface area contributed by atoms with Gasteiger partial charge in [-0.05, 0) is 71.6 Å². The number of thiol groups is 1. The standard InChI is InChI=1S/C53H79N11O15S2/c1-8-28(5)44(52(78)57-32(25-65)22-40(55)68)63-49(75)38(23-42(70)71)60-51(77)43(27(3)4)62-50(76)39(26-80)61-53(79)45(29(6)9-2)64-48(74)37(21-31-12-16-34(67)17-13-31)58-41(69)24-56-47(73)36(20-30-10-14-33(66)15-11-30)59-46(72)35(54)18-19-81-7/h10-17,25,27-29,32,35-39,43-45,66-67,80H,8-9,18-24,26,54H2,1-7H3,(H2,55,68)(H,56,73)(H,57,78)(H,58,69)(H,59,72)(H,60,77)(H,61,79)(H,62,76)(H,63,75)(H,64,74)(H,70,71)/t28-,29-,32-,35-,36-,37-,38-,39-,43-,44-,45-/m0/s1. The summed E-state index contributed by atoms with van der Waals surface area (Å²) in [6.45, 7) is 9.01. The summed E-state index contributed by atoms with van der Waals surface area (Å²) in [7, 11) is 0. The van der Waals surface area contributed by atoms with Crippen LogP contribution >= 0.6 is 24.4 Å². The molecule has 0 aliphatic carbocycles. The Morgan fingerprint density at radius 2 is 1.01 bits per heavy atom. The number of nitrogens with two attached hydrogens (primary N) is 2. The number of benzene rings is 2.